The molecule has 0 heterocycles. The summed E-state index contributed by atoms with van der Waals surface area (Å²) in [5, 5.41) is 10.4. The highest BCUT2D eigenvalue weighted by Gasteiger charge is 2.43. The second-order valence-corrected chi connectivity index (χ2v) is 8.99. The predicted octanol–water partition coefficient (Wildman–Crippen LogP) is 5.15. The fourth-order valence-corrected chi connectivity index (χ4v) is 4.78. The first-order valence-electron chi connectivity index (χ1n) is 11.2. The normalized spacial score (nSPS) is 27.5. The van der Waals surface area contributed by atoms with Gasteiger partial charge in [0.05, 0.1) is 6.10 Å². The summed E-state index contributed by atoms with van der Waals surface area (Å²) in [5.41, 5.74) is 1.59. The van der Waals surface area contributed by atoms with Gasteiger partial charge in [-0.3, -0.25) is 4.79 Å². The molecule has 0 spiro atoms. The molecule has 0 bridgehead atoms. The van der Waals surface area contributed by atoms with E-state index < -0.39 is 0 Å². The van der Waals surface area contributed by atoms with Crippen molar-refractivity contribution in [3.05, 3.63) is 23.8 Å². The average Bonchev–Trinajstić information content (AvgIpc) is 3.13. The fourth-order valence-electron chi connectivity index (χ4n) is 4.78. The average molecular weight is 376 g/mol. The molecular formula is C24H41NO2. The van der Waals surface area contributed by atoms with Gasteiger partial charge in [0, 0.05) is 12.3 Å². The SMILES string of the molecule is CCCCCCC(=O)/C=C/[C@@H]1[C@H]2CC(CCCCCN(C)C)=C[C@H]2C[C@H]1O. The Labute approximate surface area is 166 Å². The minimum Gasteiger partial charge on any atom is -0.392 e. The predicted molar refractivity (Wildman–Crippen MR) is 114 cm³/mol. The van der Waals surface area contributed by atoms with E-state index in [0.717, 1.165) is 25.7 Å². The van der Waals surface area contributed by atoms with Crippen LogP contribution in [0, 0.1) is 17.8 Å². The Morgan fingerprint density at radius 3 is 2.70 bits per heavy atom. The number of carbonyl (C=O) groups excluding carboxylic acids is 1. The van der Waals surface area contributed by atoms with Gasteiger partial charge >= 0.3 is 0 Å². The summed E-state index contributed by atoms with van der Waals surface area (Å²) in [4.78, 5) is 14.3. The maximum Gasteiger partial charge on any atom is 0.155 e. The van der Waals surface area contributed by atoms with Gasteiger partial charge in [0.2, 0.25) is 0 Å². The number of aliphatic hydroxyl groups excluding tert-OH is 1. The van der Waals surface area contributed by atoms with Gasteiger partial charge in [-0.25, -0.2) is 0 Å². The van der Waals surface area contributed by atoms with Crippen LogP contribution in [0.2, 0.25) is 0 Å². The summed E-state index contributed by atoms with van der Waals surface area (Å²) in [5.74, 6) is 1.43. The third kappa shape index (κ3) is 7.54. The molecule has 4 atom stereocenters. The maximum atomic E-state index is 12.1. The van der Waals surface area contributed by atoms with E-state index in [1.54, 1.807) is 11.6 Å². The lowest BCUT2D eigenvalue weighted by molar-refractivity contribution is -0.114. The Morgan fingerprint density at radius 2 is 1.96 bits per heavy atom. The largest absolute Gasteiger partial charge is 0.392 e. The zero-order valence-corrected chi connectivity index (χ0v) is 17.8. The number of rotatable bonds is 13. The number of ketones is 1. The highest BCUT2D eigenvalue weighted by molar-refractivity contribution is 5.89. The van der Waals surface area contributed by atoms with Crippen LogP contribution >= 0.6 is 0 Å². The first kappa shape index (κ1) is 22.4. The fraction of sp³-hybridized carbons (Fsp3) is 0.792. The standard InChI is InChI=1S/C24H41NO2/c1-4-5-6-9-12-21(26)13-14-22-23-17-19(16-20(23)18-24(22)27)11-8-7-10-15-25(2)3/h13-14,16,20,22-24,27H,4-12,15,17-18H2,1-3H3/b14-13+/t20-,22+,23-,24+/m0/s1. The molecule has 154 valence electrons. The summed E-state index contributed by atoms with van der Waals surface area (Å²) in [6.07, 6.45) is 18.2. The lowest BCUT2D eigenvalue weighted by Gasteiger charge is -2.18. The van der Waals surface area contributed by atoms with Crippen molar-refractivity contribution >= 4 is 5.78 Å². The highest BCUT2D eigenvalue weighted by atomic mass is 16.3. The molecule has 0 unspecified atom stereocenters. The summed E-state index contributed by atoms with van der Waals surface area (Å²) >= 11 is 0. The third-order valence-corrected chi connectivity index (χ3v) is 6.33. The molecule has 0 aromatic heterocycles. The van der Waals surface area contributed by atoms with E-state index in [0.29, 0.717) is 18.3 Å². The summed E-state index contributed by atoms with van der Waals surface area (Å²) < 4.78 is 0. The summed E-state index contributed by atoms with van der Waals surface area (Å²) in [6.45, 7) is 3.36. The van der Waals surface area contributed by atoms with Crippen molar-refractivity contribution in [1.82, 2.24) is 4.90 Å². The first-order valence-corrected chi connectivity index (χ1v) is 11.2. The van der Waals surface area contributed by atoms with Crippen molar-refractivity contribution in [3.63, 3.8) is 0 Å². The molecule has 0 radical (unpaired) electrons. The van der Waals surface area contributed by atoms with Crippen LogP contribution in [-0.4, -0.2) is 42.5 Å². The van der Waals surface area contributed by atoms with Crippen LogP contribution in [0.25, 0.3) is 0 Å². The molecule has 1 fully saturated rings. The quantitative estimate of drug-likeness (QED) is 0.275. The van der Waals surface area contributed by atoms with Crippen LogP contribution < -0.4 is 0 Å². The number of nitrogens with zero attached hydrogens (tertiary/aromatic N) is 1. The number of hydrogen-bond donors (Lipinski definition) is 1. The van der Waals surface area contributed by atoms with Crippen LogP contribution in [0.15, 0.2) is 23.8 Å². The Morgan fingerprint density at radius 1 is 1.19 bits per heavy atom. The number of carbonyl (C=O) groups is 1. The molecule has 2 aliphatic carbocycles. The van der Waals surface area contributed by atoms with Crippen LogP contribution in [0.1, 0.15) is 77.6 Å². The van der Waals surface area contributed by atoms with Crippen molar-refractivity contribution < 1.29 is 9.90 Å². The van der Waals surface area contributed by atoms with Gasteiger partial charge in [0.1, 0.15) is 0 Å². The second kappa shape index (κ2) is 11.8. The van der Waals surface area contributed by atoms with Gasteiger partial charge in [-0.1, -0.05) is 50.3 Å². The van der Waals surface area contributed by atoms with Crippen molar-refractivity contribution in [2.75, 3.05) is 20.6 Å². The molecular weight excluding hydrogens is 334 g/mol. The van der Waals surface area contributed by atoms with Gasteiger partial charge in [0.15, 0.2) is 5.78 Å². The lowest BCUT2D eigenvalue weighted by Crippen LogP contribution is -2.17. The van der Waals surface area contributed by atoms with E-state index >= 15 is 0 Å². The Bertz CT molecular complexity index is 509. The Balaban J connectivity index is 1.73. The smallest absolute Gasteiger partial charge is 0.155 e. The van der Waals surface area contributed by atoms with Gasteiger partial charge in [-0.15, -0.1) is 0 Å². The van der Waals surface area contributed by atoms with Crippen molar-refractivity contribution in [1.29, 1.82) is 0 Å². The Hall–Kier alpha value is -0.930. The molecule has 2 aliphatic rings. The maximum absolute atomic E-state index is 12.1. The zero-order valence-electron chi connectivity index (χ0n) is 17.8. The number of allylic oxidation sites excluding steroid dienone is 3. The van der Waals surface area contributed by atoms with Crippen LogP contribution in [0.5, 0.6) is 0 Å². The van der Waals surface area contributed by atoms with Crippen molar-refractivity contribution in [2.45, 2.75) is 83.7 Å². The van der Waals surface area contributed by atoms with Gasteiger partial charge in [0.25, 0.3) is 0 Å². The van der Waals surface area contributed by atoms with E-state index in [2.05, 4.69) is 32.0 Å². The first-order chi connectivity index (χ1) is 13.0. The second-order valence-electron chi connectivity index (χ2n) is 8.99. The van der Waals surface area contributed by atoms with Crippen LogP contribution in [0.3, 0.4) is 0 Å². The Kier molecular flexibility index (Phi) is 9.78. The zero-order chi connectivity index (χ0) is 19.6. The molecule has 27 heavy (non-hydrogen) atoms. The molecule has 0 aliphatic heterocycles. The van der Waals surface area contributed by atoms with Crippen molar-refractivity contribution in [2.24, 2.45) is 17.8 Å². The van der Waals surface area contributed by atoms with E-state index in [1.807, 2.05) is 6.08 Å². The minimum atomic E-state index is -0.276. The highest BCUT2D eigenvalue weighted by Crippen LogP contribution is 2.48. The van der Waals surface area contributed by atoms with Crippen LogP contribution in [-0.2, 0) is 4.79 Å². The molecule has 1 N–H and O–H groups in total. The minimum absolute atomic E-state index is 0.164. The van der Waals surface area contributed by atoms with E-state index in [9.17, 15) is 9.90 Å². The van der Waals surface area contributed by atoms with E-state index in [1.165, 1.54) is 45.1 Å². The molecule has 0 aromatic rings. The van der Waals surface area contributed by atoms with Gasteiger partial charge in [-0.05, 0) is 77.1 Å². The summed E-state index contributed by atoms with van der Waals surface area (Å²) in [6, 6.07) is 0. The topological polar surface area (TPSA) is 40.5 Å². The number of fused-ring (bicyclic) bond motifs is 1. The molecule has 0 saturated heterocycles. The number of aliphatic hydroxyl groups is 1. The molecule has 3 heteroatoms. The van der Waals surface area contributed by atoms with Crippen LogP contribution in [0.4, 0.5) is 0 Å². The monoisotopic (exact) mass is 375 g/mol. The van der Waals surface area contributed by atoms with E-state index in [4.69, 9.17) is 0 Å². The molecule has 0 amide bonds. The lowest BCUT2D eigenvalue weighted by atomic mass is 9.88. The van der Waals surface area contributed by atoms with Gasteiger partial charge in [-0.2, -0.15) is 0 Å². The molecule has 1 saturated carbocycles. The molecule has 2 rings (SSSR count). The number of hydrogen-bond acceptors (Lipinski definition) is 3. The molecule has 3 nitrogen and oxygen atoms in total. The molecule has 0 aromatic carbocycles. The van der Waals surface area contributed by atoms with E-state index in [-0.39, 0.29) is 17.8 Å². The number of unbranched alkanes of at least 4 members (excludes halogenated alkanes) is 5. The third-order valence-electron chi connectivity index (χ3n) is 6.33. The summed E-state index contributed by atoms with van der Waals surface area (Å²) in [7, 11) is 4.27. The van der Waals surface area contributed by atoms with Crippen molar-refractivity contribution in [3.8, 4) is 0 Å². The van der Waals surface area contributed by atoms with Gasteiger partial charge < -0.3 is 10.0 Å².